The summed E-state index contributed by atoms with van der Waals surface area (Å²) in [7, 11) is 1.67. The first-order valence-corrected chi connectivity index (χ1v) is 5.82. The van der Waals surface area contributed by atoms with Crippen molar-refractivity contribution in [3.63, 3.8) is 0 Å². The number of hydrogen-bond donors (Lipinski definition) is 2. The third kappa shape index (κ3) is 1.69. The van der Waals surface area contributed by atoms with E-state index < -0.39 is 0 Å². The van der Waals surface area contributed by atoms with Crippen molar-refractivity contribution in [3.8, 4) is 17.0 Å². The van der Waals surface area contributed by atoms with Crippen LogP contribution >= 0.6 is 0 Å². The zero-order chi connectivity index (χ0) is 12.5. The number of aryl methyl sites for hydroxylation is 2. The lowest BCUT2D eigenvalue weighted by atomic mass is 9.89. The van der Waals surface area contributed by atoms with Gasteiger partial charge < -0.3 is 10.2 Å². The number of nitrogen functional groups attached to an aromatic ring is 1. The second kappa shape index (κ2) is 4.27. The number of aromatic nitrogens is 2. The Morgan fingerprint density at radius 2 is 2.00 bits per heavy atom. The Morgan fingerprint density at radius 3 is 2.78 bits per heavy atom. The van der Waals surface area contributed by atoms with E-state index >= 15 is 0 Å². The van der Waals surface area contributed by atoms with Crippen molar-refractivity contribution in [2.45, 2.75) is 12.8 Å². The van der Waals surface area contributed by atoms with Crippen LogP contribution in [0.3, 0.4) is 0 Å². The Labute approximate surface area is 105 Å². The molecule has 5 nitrogen and oxygen atoms in total. The molecule has 0 unspecified atom stereocenters. The number of nitrogens with one attached hydrogen (secondary N) is 1. The zero-order valence-electron chi connectivity index (χ0n) is 10.1. The van der Waals surface area contributed by atoms with Crippen molar-refractivity contribution in [1.29, 1.82) is 0 Å². The van der Waals surface area contributed by atoms with Gasteiger partial charge in [0.1, 0.15) is 5.75 Å². The van der Waals surface area contributed by atoms with Gasteiger partial charge in [0.25, 0.3) is 0 Å². The van der Waals surface area contributed by atoms with Gasteiger partial charge >= 0.3 is 0 Å². The third-order valence-electron chi connectivity index (χ3n) is 3.26. The van der Waals surface area contributed by atoms with E-state index in [4.69, 9.17) is 10.6 Å². The second-order valence-corrected chi connectivity index (χ2v) is 4.27. The van der Waals surface area contributed by atoms with Crippen LogP contribution in [0.1, 0.15) is 11.1 Å². The second-order valence-electron chi connectivity index (χ2n) is 4.27. The first kappa shape index (κ1) is 11.0. The summed E-state index contributed by atoms with van der Waals surface area (Å²) in [5.41, 5.74) is 7.00. The van der Waals surface area contributed by atoms with Gasteiger partial charge in [0.15, 0.2) is 5.82 Å². The number of nitrogens with zero attached hydrogens (tertiary/aromatic N) is 2. The van der Waals surface area contributed by atoms with E-state index in [0.29, 0.717) is 5.82 Å². The largest absolute Gasteiger partial charge is 0.497 e. The van der Waals surface area contributed by atoms with Crippen LogP contribution in [-0.2, 0) is 12.8 Å². The summed E-state index contributed by atoms with van der Waals surface area (Å²) in [6.45, 7) is 0. The molecule has 0 bridgehead atoms. The molecule has 0 saturated carbocycles. The summed E-state index contributed by atoms with van der Waals surface area (Å²) in [5.74, 6) is 6.79. The highest BCUT2D eigenvalue weighted by molar-refractivity contribution is 5.71. The van der Waals surface area contributed by atoms with Crippen LogP contribution in [0.2, 0.25) is 0 Å². The first-order valence-electron chi connectivity index (χ1n) is 5.82. The van der Waals surface area contributed by atoms with Crippen molar-refractivity contribution in [1.82, 2.24) is 10.2 Å². The molecule has 3 rings (SSSR count). The third-order valence-corrected chi connectivity index (χ3v) is 3.26. The van der Waals surface area contributed by atoms with Gasteiger partial charge in [0, 0.05) is 5.56 Å². The van der Waals surface area contributed by atoms with Gasteiger partial charge in [-0.2, -0.15) is 0 Å². The quantitative estimate of drug-likeness (QED) is 0.617. The lowest BCUT2D eigenvalue weighted by molar-refractivity contribution is 0.415. The van der Waals surface area contributed by atoms with E-state index in [0.717, 1.165) is 29.8 Å². The fourth-order valence-corrected chi connectivity index (χ4v) is 2.31. The molecular weight excluding hydrogens is 228 g/mol. The molecule has 1 aliphatic rings. The fraction of sp³-hybridized carbons (Fsp3) is 0.231. The van der Waals surface area contributed by atoms with Crippen molar-refractivity contribution in [2.24, 2.45) is 5.84 Å². The van der Waals surface area contributed by atoms with Crippen molar-refractivity contribution >= 4 is 5.82 Å². The minimum Gasteiger partial charge on any atom is -0.497 e. The summed E-state index contributed by atoms with van der Waals surface area (Å²) >= 11 is 0. The highest BCUT2D eigenvalue weighted by Crippen LogP contribution is 2.34. The summed E-state index contributed by atoms with van der Waals surface area (Å²) in [6.07, 6.45) is 1.96. The number of hydrazine groups is 1. The van der Waals surface area contributed by atoms with Crippen LogP contribution in [0.5, 0.6) is 5.75 Å². The number of methoxy groups -OCH3 is 1. The summed E-state index contributed by atoms with van der Waals surface area (Å²) in [6, 6.07) is 8.03. The highest BCUT2D eigenvalue weighted by Gasteiger charge is 2.19. The van der Waals surface area contributed by atoms with Crippen molar-refractivity contribution in [3.05, 3.63) is 35.4 Å². The molecule has 0 fully saturated rings. The Bertz CT molecular complexity index is 598. The maximum Gasteiger partial charge on any atom is 0.162 e. The maximum atomic E-state index is 5.35. The number of ether oxygens (including phenoxy) is 1. The van der Waals surface area contributed by atoms with Gasteiger partial charge in [-0.1, -0.05) is 6.07 Å². The van der Waals surface area contributed by atoms with E-state index in [1.165, 1.54) is 11.1 Å². The number of hydrogen-bond acceptors (Lipinski definition) is 5. The van der Waals surface area contributed by atoms with E-state index in [1.54, 1.807) is 7.11 Å². The van der Waals surface area contributed by atoms with Gasteiger partial charge in [-0.25, -0.2) is 5.84 Å². The van der Waals surface area contributed by atoms with Gasteiger partial charge in [-0.3, -0.25) is 0 Å². The molecule has 2 aromatic rings. The molecule has 0 radical (unpaired) electrons. The summed E-state index contributed by atoms with van der Waals surface area (Å²) < 4.78 is 5.26. The van der Waals surface area contributed by atoms with E-state index in [-0.39, 0.29) is 0 Å². The number of nitrogens with two attached hydrogens (primary N) is 1. The standard InChI is InChI=1S/C13H14N4O/c1-18-10-5-4-8-2-3-9-6-12(15-14)16-17-13(9)11(8)7-10/h4-7H,2-3,14H2,1H3,(H,15,16). The number of fused-ring (bicyclic) bond motifs is 3. The SMILES string of the molecule is COc1ccc2c(c1)-c1nnc(NN)cc1CC2. The van der Waals surface area contributed by atoms with Crippen LogP contribution in [0.25, 0.3) is 11.3 Å². The Kier molecular flexibility index (Phi) is 2.60. The van der Waals surface area contributed by atoms with E-state index in [9.17, 15) is 0 Å². The molecule has 0 amide bonds. The van der Waals surface area contributed by atoms with Crippen LogP contribution in [0, 0.1) is 0 Å². The monoisotopic (exact) mass is 242 g/mol. The molecule has 0 saturated heterocycles. The maximum absolute atomic E-state index is 5.35. The summed E-state index contributed by atoms with van der Waals surface area (Å²) in [4.78, 5) is 0. The smallest absolute Gasteiger partial charge is 0.162 e. The molecular formula is C13H14N4O. The molecule has 1 aliphatic carbocycles. The Morgan fingerprint density at radius 1 is 1.17 bits per heavy atom. The molecule has 1 aromatic carbocycles. The number of anilines is 1. The highest BCUT2D eigenvalue weighted by atomic mass is 16.5. The average Bonchev–Trinajstić information content (AvgIpc) is 2.45. The van der Waals surface area contributed by atoms with E-state index in [1.807, 2.05) is 18.2 Å². The van der Waals surface area contributed by atoms with Gasteiger partial charge in [0.05, 0.1) is 12.8 Å². The lowest BCUT2D eigenvalue weighted by Gasteiger charge is -2.19. The van der Waals surface area contributed by atoms with Crippen LogP contribution in [-0.4, -0.2) is 17.3 Å². The lowest BCUT2D eigenvalue weighted by Crippen LogP contribution is -2.13. The van der Waals surface area contributed by atoms with Gasteiger partial charge in [-0.15, -0.1) is 10.2 Å². The molecule has 5 heteroatoms. The van der Waals surface area contributed by atoms with Gasteiger partial charge in [-0.05, 0) is 42.2 Å². The minimum absolute atomic E-state index is 0.597. The molecule has 1 heterocycles. The van der Waals surface area contributed by atoms with E-state index in [2.05, 4.69) is 21.7 Å². The van der Waals surface area contributed by atoms with Gasteiger partial charge in [0.2, 0.25) is 0 Å². The summed E-state index contributed by atoms with van der Waals surface area (Å²) in [5, 5.41) is 8.30. The molecule has 0 spiro atoms. The average molecular weight is 242 g/mol. The Balaban J connectivity index is 2.15. The predicted octanol–water partition coefficient (Wildman–Crippen LogP) is 1.54. The van der Waals surface area contributed by atoms with Crippen LogP contribution in [0.15, 0.2) is 24.3 Å². The zero-order valence-corrected chi connectivity index (χ0v) is 10.1. The molecule has 1 aromatic heterocycles. The molecule has 3 N–H and O–H groups in total. The number of rotatable bonds is 2. The molecule has 0 aliphatic heterocycles. The topological polar surface area (TPSA) is 73.1 Å². The molecule has 18 heavy (non-hydrogen) atoms. The Hall–Kier alpha value is -2.14. The molecule has 0 atom stereocenters. The minimum atomic E-state index is 0.597. The van der Waals surface area contributed by atoms with Crippen molar-refractivity contribution < 1.29 is 4.74 Å². The fourth-order valence-electron chi connectivity index (χ4n) is 2.31. The molecule has 92 valence electrons. The number of benzene rings is 1. The van der Waals surface area contributed by atoms with Crippen LogP contribution in [0.4, 0.5) is 5.82 Å². The van der Waals surface area contributed by atoms with Crippen molar-refractivity contribution in [2.75, 3.05) is 12.5 Å². The normalized spacial score (nSPS) is 12.6. The predicted molar refractivity (Wildman–Crippen MR) is 69.2 cm³/mol. The van der Waals surface area contributed by atoms with Crippen LogP contribution < -0.4 is 16.0 Å². The first-order chi connectivity index (χ1) is 8.81.